The summed E-state index contributed by atoms with van der Waals surface area (Å²) in [6, 6.07) is 7.38. The van der Waals surface area contributed by atoms with Crippen LogP contribution in [-0.4, -0.2) is 36.2 Å². The first-order valence-electron chi connectivity index (χ1n) is 7.00. The van der Waals surface area contributed by atoms with Crippen LogP contribution in [0.4, 0.5) is 0 Å². The van der Waals surface area contributed by atoms with Crippen molar-refractivity contribution in [3.8, 4) is 0 Å². The molecule has 7 heteroatoms. The summed E-state index contributed by atoms with van der Waals surface area (Å²) in [6.07, 6.45) is 2.45. The monoisotopic (exact) mass is 356 g/mol. The molecule has 23 heavy (non-hydrogen) atoms. The van der Waals surface area contributed by atoms with Gasteiger partial charge in [-0.3, -0.25) is 9.59 Å². The zero-order valence-corrected chi connectivity index (χ0v) is 14.3. The van der Waals surface area contributed by atoms with Gasteiger partial charge in [-0.05, 0) is 36.4 Å². The van der Waals surface area contributed by atoms with E-state index >= 15 is 0 Å². The third-order valence-corrected chi connectivity index (χ3v) is 4.25. The van der Waals surface area contributed by atoms with Gasteiger partial charge < -0.3 is 14.2 Å². The van der Waals surface area contributed by atoms with Gasteiger partial charge in [0.1, 0.15) is 24.3 Å². The molecule has 2 rings (SSSR count). The number of carbonyl (C=O) groups excluding carboxylic acids is 2. The van der Waals surface area contributed by atoms with Gasteiger partial charge in [0.15, 0.2) is 0 Å². The smallest absolute Gasteiger partial charge is 0.303 e. The van der Waals surface area contributed by atoms with Crippen molar-refractivity contribution in [2.75, 3.05) is 6.61 Å². The molecule has 0 spiro atoms. The van der Waals surface area contributed by atoms with Crippen molar-refractivity contribution >= 4 is 35.3 Å². The number of benzene rings is 1. The van der Waals surface area contributed by atoms with Crippen molar-refractivity contribution in [2.24, 2.45) is 0 Å². The Morgan fingerprint density at radius 1 is 1.17 bits per heavy atom. The van der Waals surface area contributed by atoms with Crippen molar-refractivity contribution in [3.05, 3.63) is 41.4 Å². The van der Waals surface area contributed by atoms with Crippen molar-refractivity contribution in [3.63, 3.8) is 0 Å². The number of rotatable bonds is 5. The minimum atomic E-state index is -0.575. The predicted molar refractivity (Wildman–Crippen MR) is 87.3 cm³/mol. The summed E-state index contributed by atoms with van der Waals surface area (Å²) in [5.74, 6) is -0.827. The van der Waals surface area contributed by atoms with E-state index in [9.17, 15) is 9.59 Å². The Morgan fingerprint density at radius 3 is 2.48 bits per heavy atom. The van der Waals surface area contributed by atoms with Gasteiger partial charge in [-0.25, -0.2) is 0 Å². The summed E-state index contributed by atoms with van der Waals surface area (Å²) in [4.78, 5) is 23.1. The van der Waals surface area contributed by atoms with Crippen LogP contribution in [-0.2, 0) is 23.8 Å². The Labute approximate surface area is 143 Å². The Kier molecular flexibility index (Phi) is 6.50. The molecule has 0 bridgehead atoms. The summed E-state index contributed by atoms with van der Waals surface area (Å²) >= 11 is 7.35. The van der Waals surface area contributed by atoms with E-state index in [2.05, 4.69) is 0 Å². The van der Waals surface area contributed by atoms with E-state index in [-0.39, 0.29) is 12.0 Å². The maximum Gasteiger partial charge on any atom is 0.303 e. The third kappa shape index (κ3) is 5.89. The molecule has 0 N–H and O–H groups in total. The van der Waals surface area contributed by atoms with E-state index in [0.717, 1.165) is 4.90 Å². The highest BCUT2D eigenvalue weighted by atomic mass is 35.5. The largest absolute Gasteiger partial charge is 0.463 e. The van der Waals surface area contributed by atoms with Crippen LogP contribution >= 0.6 is 23.4 Å². The molecule has 1 heterocycles. The van der Waals surface area contributed by atoms with Crippen molar-refractivity contribution in [2.45, 2.75) is 36.4 Å². The second kappa shape index (κ2) is 8.38. The fourth-order valence-corrected chi connectivity index (χ4v) is 3.03. The molecule has 1 aliphatic rings. The molecule has 0 amide bonds. The lowest BCUT2D eigenvalue weighted by atomic mass is 10.1. The highest BCUT2D eigenvalue weighted by molar-refractivity contribution is 8.00. The van der Waals surface area contributed by atoms with Crippen LogP contribution < -0.4 is 0 Å². The minimum Gasteiger partial charge on any atom is -0.463 e. The van der Waals surface area contributed by atoms with E-state index in [1.54, 1.807) is 18.2 Å². The van der Waals surface area contributed by atoms with E-state index in [4.69, 9.17) is 25.8 Å². The lowest BCUT2D eigenvalue weighted by Crippen LogP contribution is -2.40. The van der Waals surface area contributed by atoms with E-state index in [1.807, 2.05) is 18.2 Å². The zero-order valence-electron chi connectivity index (χ0n) is 12.7. The number of thioether (sulfide) groups is 1. The number of halogens is 1. The standard InChI is InChI=1S/C16H17ClO5S/c1-10(18)20-9-15-14(21-11(2)19)7-8-16(22-15)23-13-5-3-12(17)4-6-13/h3-8,14-16H,9H2,1-2H3/t14-,15+,16-/m0/s1. The first-order chi connectivity index (χ1) is 10.9. The van der Waals surface area contributed by atoms with Crippen LogP contribution in [0.5, 0.6) is 0 Å². The molecule has 0 unspecified atom stereocenters. The average molecular weight is 357 g/mol. The molecule has 0 aromatic heterocycles. The molecule has 3 atom stereocenters. The minimum absolute atomic E-state index is 0.0231. The molecule has 124 valence electrons. The van der Waals surface area contributed by atoms with Crippen LogP contribution in [0.15, 0.2) is 41.3 Å². The van der Waals surface area contributed by atoms with Gasteiger partial charge in [-0.15, -0.1) is 0 Å². The van der Waals surface area contributed by atoms with Crippen molar-refractivity contribution in [1.29, 1.82) is 0 Å². The number of carbonyl (C=O) groups is 2. The van der Waals surface area contributed by atoms with Gasteiger partial charge >= 0.3 is 11.9 Å². The maximum absolute atomic E-state index is 11.2. The summed E-state index contributed by atoms with van der Waals surface area (Å²) < 4.78 is 16.0. The molecule has 0 aliphatic carbocycles. The summed E-state index contributed by atoms with van der Waals surface area (Å²) in [6.45, 7) is 2.67. The fourth-order valence-electron chi connectivity index (χ4n) is 1.97. The first kappa shape index (κ1) is 17.8. The topological polar surface area (TPSA) is 61.8 Å². The molecule has 0 fully saturated rings. The summed E-state index contributed by atoms with van der Waals surface area (Å²) in [5, 5.41) is 0.664. The Morgan fingerprint density at radius 2 is 1.87 bits per heavy atom. The van der Waals surface area contributed by atoms with Crippen LogP contribution in [0.3, 0.4) is 0 Å². The van der Waals surface area contributed by atoms with Gasteiger partial charge in [0.25, 0.3) is 0 Å². The lowest BCUT2D eigenvalue weighted by Gasteiger charge is -2.31. The number of esters is 2. The van der Waals surface area contributed by atoms with Crippen LogP contribution in [0.2, 0.25) is 5.02 Å². The number of hydrogen-bond donors (Lipinski definition) is 0. The molecular weight excluding hydrogens is 340 g/mol. The average Bonchev–Trinajstić information content (AvgIpc) is 2.49. The van der Waals surface area contributed by atoms with Crippen molar-refractivity contribution in [1.82, 2.24) is 0 Å². The van der Waals surface area contributed by atoms with E-state index < -0.39 is 24.1 Å². The molecular formula is C16H17ClO5S. The second-order valence-electron chi connectivity index (χ2n) is 4.88. The quantitative estimate of drug-likeness (QED) is 0.596. The zero-order chi connectivity index (χ0) is 16.8. The van der Waals surface area contributed by atoms with E-state index in [0.29, 0.717) is 5.02 Å². The Bertz CT molecular complexity index is 587. The molecule has 1 aromatic rings. The molecule has 1 aromatic carbocycles. The van der Waals surface area contributed by atoms with Gasteiger partial charge in [0.05, 0.1) is 0 Å². The van der Waals surface area contributed by atoms with Crippen molar-refractivity contribution < 1.29 is 23.8 Å². The normalized spacial score (nSPS) is 23.3. The molecule has 0 saturated heterocycles. The van der Waals surface area contributed by atoms with Gasteiger partial charge in [-0.1, -0.05) is 23.4 Å². The molecule has 0 saturated carbocycles. The van der Waals surface area contributed by atoms with Crippen LogP contribution in [0.25, 0.3) is 0 Å². The second-order valence-corrected chi connectivity index (χ2v) is 6.48. The Hall–Kier alpha value is -1.50. The molecule has 0 radical (unpaired) electrons. The van der Waals surface area contributed by atoms with Gasteiger partial charge in [0, 0.05) is 23.8 Å². The van der Waals surface area contributed by atoms with E-state index in [1.165, 1.54) is 25.6 Å². The predicted octanol–water partition coefficient (Wildman–Crippen LogP) is 3.21. The van der Waals surface area contributed by atoms with Gasteiger partial charge in [-0.2, -0.15) is 0 Å². The number of ether oxygens (including phenoxy) is 3. The fraction of sp³-hybridized carbons (Fsp3) is 0.375. The lowest BCUT2D eigenvalue weighted by molar-refractivity contribution is -0.160. The number of hydrogen-bond acceptors (Lipinski definition) is 6. The summed E-state index contributed by atoms with van der Waals surface area (Å²) in [7, 11) is 0. The summed E-state index contributed by atoms with van der Waals surface area (Å²) in [5.41, 5.74) is -0.274. The van der Waals surface area contributed by atoms with Crippen LogP contribution in [0, 0.1) is 0 Å². The SMILES string of the molecule is CC(=O)OC[C@H]1O[C@@H](Sc2ccc(Cl)cc2)C=C[C@@H]1OC(C)=O. The first-order valence-corrected chi connectivity index (χ1v) is 8.26. The van der Waals surface area contributed by atoms with Gasteiger partial charge in [0.2, 0.25) is 0 Å². The Balaban J connectivity index is 2.03. The molecule has 1 aliphatic heterocycles. The van der Waals surface area contributed by atoms with Crippen LogP contribution in [0.1, 0.15) is 13.8 Å². The molecule has 5 nitrogen and oxygen atoms in total. The highest BCUT2D eigenvalue weighted by Crippen LogP contribution is 2.30. The maximum atomic E-state index is 11.2. The third-order valence-electron chi connectivity index (χ3n) is 2.95. The highest BCUT2D eigenvalue weighted by Gasteiger charge is 2.31.